The summed E-state index contributed by atoms with van der Waals surface area (Å²) in [5, 5.41) is 3.69. The number of ether oxygens (including phenoxy) is 2. The zero-order valence-electron chi connectivity index (χ0n) is 13.1. The largest absolute Gasteiger partial charge is 0.496 e. The molecule has 2 heterocycles. The quantitative estimate of drug-likeness (QED) is 0.847. The summed E-state index contributed by atoms with van der Waals surface area (Å²) in [6.45, 7) is 0.409. The monoisotopic (exact) mass is 327 g/mol. The van der Waals surface area contributed by atoms with E-state index < -0.39 is 5.91 Å². The van der Waals surface area contributed by atoms with Crippen LogP contribution in [0.1, 0.15) is 16.8 Å². The first kappa shape index (κ1) is 14.7. The van der Waals surface area contributed by atoms with Gasteiger partial charge in [0.15, 0.2) is 0 Å². The molecule has 7 nitrogen and oxygen atoms in total. The number of pyridine rings is 1. The first-order valence-corrected chi connectivity index (χ1v) is 7.78. The average molecular weight is 327 g/mol. The van der Waals surface area contributed by atoms with Crippen molar-refractivity contribution >= 4 is 22.7 Å². The van der Waals surface area contributed by atoms with Gasteiger partial charge in [0.25, 0.3) is 5.91 Å². The van der Waals surface area contributed by atoms with Crippen LogP contribution in [-0.2, 0) is 4.79 Å². The van der Waals surface area contributed by atoms with Gasteiger partial charge in [0.2, 0.25) is 5.91 Å². The second-order valence-electron chi connectivity index (χ2n) is 6.18. The molecule has 24 heavy (non-hydrogen) atoms. The third-order valence-electron chi connectivity index (χ3n) is 4.73. The molecule has 0 spiro atoms. The maximum atomic E-state index is 11.6. The second kappa shape index (κ2) is 5.36. The van der Waals surface area contributed by atoms with Gasteiger partial charge in [0, 0.05) is 17.5 Å². The third kappa shape index (κ3) is 2.33. The van der Waals surface area contributed by atoms with Crippen LogP contribution in [0, 0.1) is 11.8 Å². The van der Waals surface area contributed by atoms with Gasteiger partial charge in [-0.1, -0.05) is 0 Å². The summed E-state index contributed by atoms with van der Waals surface area (Å²) in [6.07, 6.45) is 2.56. The van der Waals surface area contributed by atoms with Crippen molar-refractivity contribution in [3.8, 4) is 11.5 Å². The normalized spacial score (nSPS) is 24.4. The molecule has 2 aromatic rings. The highest BCUT2D eigenvalue weighted by Crippen LogP contribution is 2.46. The van der Waals surface area contributed by atoms with E-state index in [0.29, 0.717) is 29.5 Å². The summed E-state index contributed by atoms with van der Waals surface area (Å²) in [6, 6.07) is 5.10. The number of rotatable bonds is 5. The number of methoxy groups -OCH3 is 1. The van der Waals surface area contributed by atoms with Crippen molar-refractivity contribution in [1.29, 1.82) is 0 Å². The number of benzene rings is 1. The standard InChI is InChI=1S/C17H17N3O4/c1-23-15-6-10-12(5-11(15)16(18)21)19-3-2-14(10)24-7-13-8-4-9(8)17(22)20-13/h2-3,5-6,8-9,13H,4,7H2,1H3,(H2,18,21)(H,20,22)/t8-,9+,13?/m0/s1. The summed E-state index contributed by atoms with van der Waals surface area (Å²) >= 11 is 0. The first-order chi connectivity index (χ1) is 11.6. The fraction of sp³-hybridized carbons (Fsp3) is 0.353. The van der Waals surface area contributed by atoms with E-state index in [-0.39, 0.29) is 23.4 Å². The van der Waals surface area contributed by atoms with Crippen LogP contribution >= 0.6 is 0 Å². The number of primary amides is 1. The Labute approximate surface area is 138 Å². The van der Waals surface area contributed by atoms with Crippen molar-refractivity contribution in [1.82, 2.24) is 10.3 Å². The van der Waals surface area contributed by atoms with Gasteiger partial charge in [-0.25, -0.2) is 0 Å². The molecule has 4 rings (SSSR count). The number of nitrogens with two attached hydrogens (primary N) is 1. The summed E-state index contributed by atoms with van der Waals surface area (Å²) in [5.74, 6) is 1.13. The number of fused-ring (bicyclic) bond motifs is 2. The number of hydrogen-bond acceptors (Lipinski definition) is 5. The Morgan fingerprint density at radius 2 is 2.25 bits per heavy atom. The van der Waals surface area contributed by atoms with E-state index in [9.17, 15) is 9.59 Å². The number of nitrogens with zero attached hydrogens (tertiary/aromatic N) is 1. The molecule has 1 saturated heterocycles. The van der Waals surface area contributed by atoms with E-state index in [4.69, 9.17) is 15.2 Å². The number of hydrogen-bond donors (Lipinski definition) is 2. The molecule has 1 aliphatic carbocycles. The molecule has 2 amide bonds. The minimum absolute atomic E-state index is 0.0532. The molecular formula is C17H17N3O4. The highest BCUT2D eigenvalue weighted by Gasteiger charge is 2.54. The lowest BCUT2D eigenvalue weighted by Crippen LogP contribution is -2.35. The van der Waals surface area contributed by atoms with Crippen molar-refractivity contribution in [2.45, 2.75) is 12.5 Å². The Balaban J connectivity index is 1.63. The van der Waals surface area contributed by atoms with Crippen LogP contribution in [0.15, 0.2) is 24.4 Å². The van der Waals surface area contributed by atoms with Gasteiger partial charge >= 0.3 is 0 Å². The van der Waals surface area contributed by atoms with Crippen molar-refractivity contribution in [2.24, 2.45) is 17.6 Å². The van der Waals surface area contributed by atoms with Crippen LogP contribution < -0.4 is 20.5 Å². The van der Waals surface area contributed by atoms with E-state index in [1.165, 1.54) is 7.11 Å². The number of carbonyl (C=O) groups is 2. The zero-order valence-corrected chi connectivity index (χ0v) is 13.1. The van der Waals surface area contributed by atoms with Crippen molar-refractivity contribution in [2.75, 3.05) is 13.7 Å². The maximum absolute atomic E-state index is 11.6. The number of carbonyl (C=O) groups excluding carboxylic acids is 2. The van der Waals surface area contributed by atoms with E-state index >= 15 is 0 Å². The molecule has 7 heteroatoms. The molecule has 3 atom stereocenters. The summed E-state index contributed by atoms with van der Waals surface area (Å²) in [5.41, 5.74) is 6.25. The van der Waals surface area contributed by atoms with E-state index in [1.54, 1.807) is 24.4 Å². The second-order valence-corrected chi connectivity index (χ2v) is 6.18. The molecule has 1 aliphatic heterocycles. The first-order valence-electron chi connectivity index (χ1n) is 7.78. The Morgan fingerprint density at radius 3 is 2.88 bits per heavy atom. The number of aromatic nitrogens is 1. The van der Waals surface area contributed by atoms with Crippen molar-refractivity contribution in [3.05, 3.63) is 30.0 Å². The lowest BCUT2D eigenvalue weighted by Gasteiger charge is -2.16. The van der Waals surface area contributed by atoms with Gasteiger partial charge in [-0.2, -0.15) is 0 Å². The molecule has 1 aromatic carbocycles. The molecule has 0 radical (unpaired) electrons. The van der Waals surface area contributed by atoms with Crippen LogP contribution in [0.3, 0.4) is 0 Å². The number of amides is 2. The molecule has 124 valence electrons. The Morgan fingerprint density at radius 1 is 1.42 bits per heavy atom. The van der Waals surface area contributed by atoms with E-state index in [0.717, 1.165) is 11.8 Å². The zero-order chi connectivity index (χ0) is 16.8. The van der Waals surface area contributed by atoms with Crippen LogP contribution in [0.25, 0.3) is 10.9 Å². The smallest absolute Gasteiger partial charge is 0.252 e. The van der Waals surface area contributed by atoms with Crippen molar-refractivity contribution in [3.63, 3.8) is 0 Å². The van der Waals surface area contributed by atoms with Crippen LogP contribution in [-0.4, -0.2) is 36.6 Å². The lowest BCUT2D eigenvalue weighted by atomic mass is 10.1. The van der Waals surface area contributed by atoms with Crippen LogP contribution in [0.5, 0.6) is 11.5 Å². The predicted octanol–water partition coefficient (Wildman–Crippen LogP) is 0.856. The lowest BCUT2D eigenvalue weighted by molar-refractivity contribution is -0.121. The number of piperidine rings is 1. The summed E-state index contributed by atoms with van der Waals surface area (Å²) in [4.78, 5) is 27.4. The molecule has 0 bridgehead atoms. The van der Waals surface area contributed by atoms with Gasteiger partial charge in [0.05, 0.1) is 24.2 Å². The average Bonchev–Trinajstić information content (AvgIpc) is 3.32. The van der Waals surface area contributed by atoms with Gasteiger partial charge in [-0.3, -0.25) is 14.6 Å². The highest BCUT2D eigenvalue weighted by molar-refractivity contribution is 6.01. The maximum Gasteiger partial charge on any atom is 0.252 e. The molecule has 3 N–H and O–H groups in total. The van der Waals surface area contributed by atoms with Crippen LogP contribution in [0.2, 0.25) is 0 Å². The Hall–Kier alpha value is -2.83. The summed E-state index contributed by atoms with van der Waals surface area (Å²) < 4.78 is 11.2. The molecule has 1 saturated carbocycles. The van der Waals surface area contributed by atoms with Gasteiger partial charge in [0.1, 0.15) is 18.1 Å². The van der Waals surface area contributed by atoms with Gasteiger partial charge in [-0.05, 0) is 30.5 Å². The van der Waals surface area contributed by atoms with E-state index in [2.05, 4.69) is 10.3 Å². The molecule has 2 aliphatic rings. The van der Waals surface area contributed by atoms with Crippen LogP contribution in [0.4, 0.5) is 0 Å². The van der Waals surface area contributed by atoms with Gasteiger partial charge < -0.3 is 20.5 Å². The SMILES string of the molecule is COc1cc2c(OCC3NC(=O)[C@@H]4C[C@H]34)ccnc2cc1C(N)=O. The number of nitrogens with one attached hydrogen (secondary N) is 1. The van der Waals surface area contributed by atoms with E-state index in [1.807, 2.05) is 0 Å². The topological polar surface area (TPSA) is 104 Å². The predicted molar refractivity (Wildman–Crippen MR) is 85.8 cm³/mol. The molecule has 2 fully saturated rings. The summed E-state index contributed by atoms with van der Waals surface area (Å²) in [7, 11) is 1.48. The Bertz CT molecular complexity index is 851. The fourth-order valence-electron chi connectivity index (χ4n) is 3.34. The Kier molecular flexibility index (Phi) is 3.30. The fourth-order valence-corrected chi connectivity index (χ4v) is 3.34. The molecule has 1 aromatic heterocycles. The molecule has 1 unspecified atom stereocenters. The van der Waals surface area contributed by atoms with Crippen molar-refractivity contribution < 1.29 is 19.1 Å². The third-order valence-corrected chi connectivity index (χ3v) is 4.73. The van der Waals surface area contributed by atoms with Gasteiger partial charge in [-0.15, -0.1) is 0 Å². The minimum atomic E-state index is -0.574. The minimum Gasteiger partial charge on any atom is -0.496 e. The highest BCUT2D eigenvalue weighted by atomic mass is 16.5. The molecular weight excluding hydrogens is 310 g/mol.